The third kappa shape index (κ3) is 2.52. The first-order chi connectivity index (χ1) is 6.15. The van der Waals surface area contributed by atoms with Crippen molar-refractivity contribution < 1.29 is 14.5 Å². The predicted molar refractivity (Wildman–Crippen MR) is 51.8 cm³/mol. The van der Waals surface area contributed by atoms with Gasteiger partial charge in [0.2, 0.25) is 0 Å². The minimum Gasteiger partial charge on any atom is -0.445 e. The number of halogens is 2. The van der Waals surface area contributed by atoms with Crippen molar-refractivity contribution >= 4 is 21.8 Å². The molecule has 1 aromatic rings. The molecule has 0 fully saturated rings. The number of rotatable bonds is 2. The quantitative estimate of drug-likeness (QED) is 0.617. The zero-order valence-electron chi connectivity index (χ0n) is 7.18. The van der Waals surface area contributed by atoms with Crippen LogP contribution in [0.2, 0.25) is 0 Å². The van der Waals surface area contributed by atoms with Crippen LogP contribution >= 0.6 is 15.9 Å². The van der Waals surface area contributed by atoms with Crippen LogP contribution in [0.25, 0.3) is 0 Å². The number of hydrogen-bond acceptors (Lipinski definition) is 1. The van der Waals surface area contributed by atoms with Crippen LogP contribution in [0.4, 0.5) is 4.39 Å². The van der Waals surface area contributed by atoms with E-state index in [1.807, 2.05) is 0 Å². The maximum absolute atomic E-state index is 13.2. The van der Waals surface area contributed by atoms with E-state index in [0.29, 0.717) is 16.6 Å². The van der Waals surface area contributed by atoms with E-state index in [1.54, 1.807) is 19.1 Å². The zero-order valence-corrected chi connectivity index (χ0v) is 8.77. The molecule has 0 aliphatic carbocycles. The molecule has 0 aromatic heterocycles. The van der Waals surface area contributed by atoms with E-state index in [0.717, 1.165) is 0 Å². The Bertz CT molecular complexity index is 327. The number of nitrogens with two attached hydrogens (primary N) is 1. The van der Waals surface area contributed by atoms with Crippen molar-refractivity contribution in [3.63, 3.8) is 0 Å². The highest BCUT2D eigenvalue weighted by Gasteiger charge is 2.13. The molecule has 0 amide bonds. The lowest BCUT2D eigenvalue weighted by Gasteiger charge is -2.01. The number of hydrogen-bond donors (Lipinski definition) is 1. The van der Waals surface area contributed by atoms with Crippen molar-refractivity contribution in [2.45, 2.75) is 6.92 Å². The Morgan fingerprint density at radius 2 is 2.31 bits per heavy atom. The van der Waals surface area contributed by atoms with E-state index in [-0.39, 0.29) is 11.7 Å². The molecule has 0 aliphatic heterocycles. The molecule has 70 valence electrons. The van der Waals surface area contributed by atoms with Crippen molar-refractivity contribution in [3.05, 3.63) is 34.1 Å². The maximum atomic E-state index is 13.2. The average molecular weight is 247 g/mol. The number of benzene rings is 1. The SMILES string of the molecule is CCOC(=[NH2+])c1ccc(Br)cc1F. The van der Waals surface area contributed by atoms with Gasteiger partial charge >= 0.3 is 5.90 Å². The lowest BCUT2D eigenvalue weighted by Crippen LogP contribution is -2.42. The van der Waals surface area contributed by atoms with Crippen molar-refractivity contribution in [2.75, 3.05) is 6.61 Å². The highest BCUT2D eigenvalue weighted by atomic mass is 79.9. The van der Waals surface area contributed by atoms with Gasteiger partial charge in [-0.2, -0.15) is 0 Å². The molecule has 0 spiro atoms. The molecule has 13 heavy (non-hydrogen) atoms. The summed E-state index contributed by atoms with van der Waals surface area (Å²) in [5, 5.41) is 5.50. The molecule has 0 saturated heterocycles. The Hall–Kier alpha value is -0.900. The van der Waals surface area contributed by atoms with Gasteiger partial charge in [-0.05, 0) is 25.1 Å². The standard InChI is InChI=1S/C9H9BrFNO/c1-2-13-9(12)7-4-3-6(10)5-8(7)11/h3-5,12H,2H2,1H3/p+1. The molecular weight excluding hydrogens is 237 g/mol. The van der Waals surface area contributed by atoms with Crippen LogP contribution < -0.4 is 5.41 Å². The first-order valence-electron chi connectivity index (χ1n) is 3.85. The van der Waals surface area contributed by atoms with E-state index in [2.05, 4.69) is 15.9 Å². The molecule has 0 unspecified atom stereocenters. The van der Waals surface area contributed by atoms with Gasteiger partial charge in [-0.1, -0.05) is 15.9 Å². The predicted octanol–water partition coefficient (Wildman–Crippen LogP) is 1.13. The van der Waals surface area contributed by atoms with Crippen LogP contribution in [0.1, 0.15) is 12.5 Å². The highest BCUT2D eigenvalue weighted by molar-refractivity contribution is 9.10. The fraction of sp³-hybridized carbons (Fsp3) is 0.222. The highest BCUT2D eigenvalue weighted by Crippen LogP contribution is 2.15. The molecule has 0 radical (unpaired) electrons. The smallest absolute Gasteiger partial charge is 0.369 e. The molecule has 2 nitrogen and oxygen atoms in total. The van der Waals surface area contributed by atoms with Gasteiger partial charge in [-0.3, -0.25) is 0 Å². The van der Waals surface area contributed by atoms with E-state index >= 15 is 0 Å². The molecule has 0 atom stereocenters. The van der Waals surface area contributed by atoms with Crippen LogP contribution in [0, 0.1) is 5.82 Å². The van der Waals surface area contributed by atoms with Crippen LogP contribution in [0.15, 0.2) is 22.7 Å². The summed E-state index contributed by atoms with van der Waals surface area (Å²) < 4.78 is 18.9. The van der Waals surface area contributed by atoms with Gasteiger partial charge in [-0.15, -0.1) is 0 Å². The Labute approximate surface area is 84.4 Å². The number of ether oxygens (including phenoxy) is 1. The van der Waals surface area contributed by atoms with Gasteiger partial charge < -0.3 is 4.74 Å². The van der Waals surface area contributed by atoms with Crippen molar-refractivity contribution in [2.24, 2.45) is 0 Å². The summed E-state index contributed by atoms with van der Waals surface area (Å²) in [5.74, 6) is -0.271. The fourth-order valence-corrected chi connectivity index (χ4v) is 1.26. The van der Waals surface area contributed by atoms with Gasteiger partial charge in [0.25, 0.3) is 0 Å². The van der Waals surface area contributed by atoms with Crippen LogP contribution in [-0.4, -0.2) is 12.5 Å². The first kappa shape index (κ1) is 10.2. The lowest BCUT2D eigenvalue weighted by atomic mass is 10.2. The molecule has 4 heteroatoms. The molecule has 0 saturated carbocycles. The van der Waals surface area contributed by atoms with Gasteiger partial charge in [0.05, 0.1) is 6.61 Å². The molecule has 1 rings (SSSR count). The van der Waals surface area contributed by atoms with E-state index in [1.165, 1.54) is 6.07 Å². The van der Waals surface area contributed by atoms with Gasteiger partial charge in [0, 0.05) is 4.47 Å². The Morgan fingerprint density at radius 3 is 2.85 bits per heavy atom. The maximum Gasteiger partial charge on any atom is 0.369 e. The second-order valence-corrected chi connectivity index (χ2v) is 3.34. The molecular formula is C9H10BrFNO+. The average Bonchev–Trinajstić information content (AvgIpc) is 2.04. The fourth-order valence-electron chi connectivity index (χ4n) is 0.923. The molecule has 0 aliphatic rings. The van der Waals surface area contributed by atoms with Gasteiger partial charge in [0.15, 0.2) is 0 Å². The minimum atomic E-state index is -0.389. The van der Waals surface area contributed by atoms with Crippen molar-refractivity contribution in [1.29, 1.82) is 0 Å². The summed E-state index contributed by atoms with van der Waals surface area (Å²) >= 11 is 3.15. The Balaban J connectivity index is 2.95. The van der Waals surface area contributed by atoms with Gasteiger partial charge in [-0.25, -0.2) is 9.80 Å². The second-order valence-electron chi connectivity index (χ2n) is 2.42. The first-order valence-corrected chi connectivity index (χ1v) is 4.65. The summed E-state index contributed by atoms with van der Waals surface area (Å²) in [7, 11) is 0. The third-order valence-corrected chi connectivity index (χ3v) is 1.99. The van der Waals surface area contributed by atoms with E-state index in [4.69, 9.17) is 10.1 Å². The van der Waals surface area contributed by atoms with Crippen LogP contribution in [0.3, 0.4) is 0 Å². The summed E-state index contributed by atoms with van der Waals surface area (Å²) in [6, 6.07) is 4.63. The van der Waals surface area contributed by atoms with Crippen molar-refractivity contribution in [3.8, 4) is 0 Å². The third-order valence-electron chi connectivity index (χ3n) is 1.50. The van der Waals surface area contributed by atoms with E-state index in [9.17, 15) is 4.39 Å². The van der Waals surface area contributed by atoms with Crippen LogP contribution in [0.5, 0.6) is 0 Å². The summed E-state index contributed by atoms with van der Waals surface area (Å²) in [5.41, 5.74) is 0.296. The second kappa shape index (κ2) is 4.37. The summed E-state index contributed by atoms with van der Waals surface area (Å²) in [6.45, 7) is 2.23. The summed E-state index contributed by atoms with van der Waals surface area (Å²) in [6.07, 6.45) is 0. The lowest BCUT2D eigenvalue weighted by molar-refractivity contribution is -0.138. The molecule has 1 aromatic carbocycles. The minimum absolute atomic E-state index is 0.118. The largest absolute Gasteiger partial charge is 0.445 e. The zero-order chi connectivity index (χ0) is 9.84. The van der Waals surface area contributed by atoms with Crippen molar-refractivity contribution in [1.82, 2.24) is 0 Å². The molecule has 0 heterocycles. The monoisotopic (exact) mass is 246 g/mol. The Kier molecular flexibility index (Phi) is 3.42. The van der Waals surface area contributed by atoms with Gasteiger partial charge in [0.1, 0.15) is 11.4 Å². The normalized spacial score (nSPS) is 9.77. The molecule has 0 bridgehead atoms. The summed E-state index contributed by atoms with van der Waals surface area (Å²) in [4.78, 5) is 0. The molecule has 2 N–H and O–H groups in total. The van der Waals surface area contributed by atoms with E-state index < -0.39 is 0 Å². The topological polar surface area (TPSA) is 34.8 Å². The van der Waals surface area contributed by atoms with Crippen LogP contribution in [-0.2, 0) is 4.74 Å². The Morgan fingerprint density at radius 1 is 1.62 bits per heavy atom.